The van der Waals surface area contributed by atoms with Gasteiger partial charge < -0.3 is 30.2 Å². The van der Waals surface area contributed by atoms with Crippen LogP contribution in [-0.2, 0) is 19.8 Å². The second-order valence-corrected chi connectivity index (χ2v) is 8.09. The fourth-order valence-electron chi connectivity index (χ4n) is 4.11. The van der Waals surface area contributed by atoms with Crippen LogP contribution < -0.4 is 5.73 Å². The summed E-state index contributed by atoms with van der Waals surface area (Å²) in [7, 11) is 0. The first-order valence-corrected chi connectivity index (χ1v) is 9.94. The molecule has 4 atom stereocenters. The van der Waals surface area contributed by atoms with Crippen LogP contribution in [-0.4, -0.2) is 67.9 Å². The number of carbonyl (C=O) groups is 1. The van der Waals surface area contributed by atoms with Gasteiger partial charge in [0.2, 0.25) is 5.92 Å². The lowest BCUT2D eigenvalue weighted by molar-refractivity contribution is -0.101. The molecule has 2 fully saturated rings. The van der Waals surface area contributed by atoms with E-state index in [0.29, 0.717) is 11.2 Å². The van der Waals surface area contributed by atoms with Crippen LogP contribution in [0.2, 0.25) is 0 Å². The lowest BCUT2D eigenvalue weighted by atomic mass is 9.93. The first kappa shape index (κ1) is 21.7. The van der Waals surface area contributed by atoms with E-state index in [1.165, 1.54) is 10.8 Å². The topological polar surface area (TPSA) is 141 Å². The van der Waals surface area contributed by atoms with Crippen molar-refractivity contribution >= 4 is 17.5 Å². The number of nitrogens with zero attached hydrogens (tertiary/aromatic N) is 3. The zero-order valence-electron chi connectivity index (χ0n) is 16.8. The molecule has 0 spiro atoms. The Hall–Kier alpha value is -2.57. The van der Waals surface area contributed by atoms with E-state index >= 15 is 0 Å². The molecule has 4 N–H and O–H groups in total. The fourth-order valence-corrected chi connectivity index (χ4v) is 4.11. The van der Waals surface area contributed by atoms with Gasteiger partial charge in [-0.05, 0) is 31.9 Å². The van der Waals surface area contributed by atoms with Crippen LogP contribution in [0.25, 0.3) is 5.52 Å². The molecule has 3 heterocycles. The number of nitrogens with two attached hydrogens (primary N) is 1. The van der Waals surface area contributed by atoms with E-state index in [4.69, 9.17) is 19.9 Å². The minimum absolute atomic E-state index is 0.0493. The molecule has 0 radical (unpaired) electrons. The summed E-state index contributed by atoms with van der Waals surface area (Å²) in [5.41, 5.74) is 5.39. The van der Waals surface area contributed by atoms with Crippen LogP contribution in [0, 0.1) is 0 Å². The molecule has 4 rings (SSSR count). The van der Waals surface area contributed by atoms with E-state index in [0.717, 1.165) is 0 Å². The van der Waals surface area contributed by atoms with Crippen LogP contribution >= 0.6 is 0 Å². The molecule has 2 aromatic rings. The maximum atomic E-state index is 13.2. The molecule has 1 aliphatic heterocycles. The monoisotopic (exact) mass is 442 g/mol. The largest absolute Gasteiger partial charge is 0.508 e. The Balaban J connectivity index is 1.39. The summed E-state index contributed by atoms with van der Waals surface area (Å²) in [5, 5.41) is 25.2. The average molecular weight is 442 g/mol. The van der Waals surface area contributed by atoms with Gasteiger partial charge in [-0.3, -0.25) is 0 Å². The van der Waals surface area contributed by atoms with Gasteiger partial charge in [0, 0.05) is 12.8 Å². The minimum Gasteiger partial charge on any atom is -0.431 e. The normalized spacial score (nSPS) is 31.1. The van der Waals surface area contributed by atoms with Crippen molar-refractivity contribution in [2.24, 2.45) is 0 Å². The highest BCUT2D eigenvalue weighted by Gasteiger charge is 2.54. The highest BCUT2D eigenvalue weighted by molar-refractivity contribution is 5.65. The maximum absolute atomic E-state index is 13.2. The molecular formula is C19H24F2N4O6. The molecule has 1 saturated heterocycles. The van der Waals surface area contributed by atoms with Gasteiger partial charge in [0.1, 0.15) is 48.5 Å². The average Bonchev–Trinajstić information content (AvgIpc) is 3.25. The van der Waals surface area contributed by atoms with E-state index in [1.54, 1.807) is 19.1 Å². The van der Waals surface area contributed by atoms with E-state index in [9.17, 15) is 23.8 Å². The van der Waals surface area contributed by atoms with Crippen molar-refractivity contribution < 1.29 is 38.0 Å². The molecule has 31 heavy (non-hydrogen) atoms. The summed E-state index contributed by atoms with van der Waals surface area (Å²) in [6.07, 6.45) is -4.79. The number of fused-ring (bicyclic) bond motifs is 1. The van der Waals surface area contributed by atoms with Crippen molar-refractivity contribution in [2.45, 2.75) is 68.5 Å². The second-order valence-electron chi connectivity index (χ2n) is 8.09. The Kier molecular flexibility index (Phi) is 5.48. The maximum Gasteiger partial charge on any atom is 0.508 e. The Morgan fingerprint density at radius 2 is 2.06 bits per heavy atom. The summed E-state index contributed by atoms with van der Waals surface area (Å²) in [4.78, 5) is 15.9. The van der Waals surface area contributed by atoms with Crippen LogP contribution in [0.4, 0.5) is 19.4 Å². The molecule has 1 aliphatic carbocycles. The van der Waals surface area contributed by atoms with Gasteiger partial charge >= 0.3 is 6.16 Å². The van der Waals surface area contributed by atoms with Crippen molar-refractivity contribution in [1.29, 1.82) is 0 Å². The van der Waals surface area contributed by atoms with E-state index in [-0.39, 0.29) is 31.5 Å². The summed E-state index contributed by atoms with van der Waals surface area (Å²) >= 11 is 0. The van der Waals surface area contributed by atoms with Crippen LogP contribution in [0.15, 0.2) is 18.5 Å². The molecule has 2 aliphatic rings. The molecule has 0 amide bonds. The number of aliphatic hydroxyl groups is 2. The quantitative estimate of drug-likeness (QED) is 0.599. The number of alkyl halides is 2. The number of aliphatic hydroxyl groups excluding tert-OH is 2. The van der Waals surface area contributed by atoms with Gasteiger partial charge in [0.25, 0.3) is 0 Å². The molecule has 170 valence electrons. The lowest BCUT2D eigenvalue weighted by Gasteiger charge is -2.28. The van der Waals surface area contributed by atoms with E-state index in [1.807, 2.05) is 0 Å². The van der Waals surface area contributed by atoms with Gasteiger partial charge in [0.15, 0.2) is 5.82 Å². The van der Waals surface area contributed by atoms with Crippen molar-refractivity contribution in [3.8, 4) is 0 Å². The molecule has 1 saturated carbocycles. The summed E-state index contributed by atoms with van der Waals surface area (Å²) in [6, 6.07) is 3.31. The minimum atomic E-state index is -2.73. The number of aromatic nitrogens is 3. The first-order chi connectivity index (χ1) is 14.6. The van der Waals surface area contributed by atoms with Gasteiger partial charge in [0.05, 0.1) is 5.69 Å². The van der Waals surface area contributed by atoms with Crippen LogP contribution in [0.1, 0.15) is 38.3 Å². The van der Waals surface area contributed by atoms with Gasteiger partial charge in [-0.2, -0.15) is 5.10 Å². The number of hydrogen-bond donors (Lipinski definition) is 3. The lowest BCUT2D eigenvalue weighted by Crippen LogP contribution is -2.39. The summed E-state index contributed by atoms with van der Waals surface area (Å²) in [5.74, 6) is -2.49. The van der Waals surface area contributed by atoms with Gasteiger partial charge in [-0.1, -0.05) is 0 Å². The summed E-state index contributed by atoms with van der Waals surface area (Å²) < 4.78 is 43.8. The molecule has 0 unspecified atom stereocenters. The highest BCUT2D eigenvalue weighted by atomic mass is 19.3. The summed E-state index contributed by atoms with van der Waals surface area (Å²) in [6.45, 7) is 1.18. The van der Waals surface area contributed by atoms with Crippen molar-refractivity contribution in [3.05, 3.63) is 24.2 Å². The number of hydrogen-bond acceptors (Lipinski definition) is 9. The van der Waals surface area contributed by atoms with Gasteiger partial charge in [-0.25, -0.2) is 23.1 Å². The number of ether oxygens (including phenoxy) is 3. The van der Waals surface area contributed by atoms with E-state index < -0.39 is 48.7 Å². The predicted molar refractivity (Wildman–Crippen MR) is 101 cm³/mol. The van der Waals surface area contributed by atoms with Crippen LogP contribution in [0.3, 0.4) is 0 Å². The molecule has 10 nitrogen and oxygen atoms in total. The Morgan fingerprint density at radius 3 is 2.77 bits per heavy atom. The molecule has 2 aromatic heterocycles. The second kappa shape index (κ2) is 7.84. The molecular weight excluding hydrogens is 418 g/mol. The van der Waals surface area contributed by atoms with Crippen molar-refractivity contribution in [2.75, 3.05) is 12.3 Å². The number of carbonyl (C=O) groups excluding carboxylic acids is 1. The highest BCUT2D eigenvalue weighted by Crippen LogP contribution is 2.40. The third kappa shape index (κ3) is 4.02. The number of nitrogen functional groups attached to an aromatic ring is 1. The number of rotatable bonds is 4. The predicted octanol–water partition coefficient (Wildman–Crippen LogP) is 1.38. The Bertz CT molecular complexity index is 962. The van der Waals surface area contributed by atoms with Crippen molar-refractivity contribution in [3.63, 3.8) is 0 Å². The Morgan fingerprint density at radius 1 is 1.35 bits per heavy atom. The third-order valence-corrected chi connectivity index (χ3v) is 5.95. The zero-order chi connectivity index (χ0) is 22.4. The first-order valence-electron chi connectivity index (χ1n) is 9.94. The molecule has 0 aromatic carbocycles. The fraction of sp³-hybridized carbons (Fsp3) is 0.632. The van der Waals surface area contributed by atoms with E-state index in [2.05, 4.69) is 10.1 Å². The van der Waals surface area contributed by atoms with Crippen molar-refractivity contribution in [1.82, 2.24) is 14.6 Å². The smallest absolute Gasteiger partial charge is 0.431 e. The van der Waals surface area contributed by atoms with Gasteiger partial charge in [-0.15, -0.1) is 0 Å². The Labute approximate surface area is 175 Å². The standard InChI is InChI=1S/C19H24F2N4O6/c1-18(13-3-2-11-16(22)23-9-24-25(11)13)15(27)14(26)12(31-18)8-29-17(28)30-10-4-6-19(20,21)7-5-10/h2-3,9-10,12,14-15,26-27H,4-8H2,1H3,(H2,22,23,24)/t12-,14-,15-,18+/m1/s1. The third-order valence-electron chi connectivity index (χ3n) is 5.95. The number of anilines is 1. The van der Waals surface area contributed by atoms with Crippen LogP contribution in [0.5, 0.6) is 0 Å². The molecule has 12 heteroatoms. The molecule has 0 bridgehead atoms. The number of halogens is 2. The SMILES string of the molecule is C[C@@]1(c2ccc3c(N)ncnn23)O[C@H](COC(=O)OC2CCC(F)(F)CC2)[C@@H](O)[C@H]1O. The zero-order valence-corrected chi connectivity index (χ0v) is 16.8.